The van der Waals surface area contributed by atoms with Crippen LogP contribution in [0.5, 0.6) is 11.5 Å². The summed E-state index contributed by atoms with van der Waals surface area (Å²) in [5, 5.41) is 10.4. The van der Waals surface area contributed by atoms with Gasteiger partial charge in [-0.05, 0) is 123 Å². The van der Waals surface area contributed by atoms with Crippen LogP contribution in [-0.2, 0) is 6.42 Å². The molecule has 172 valence electrons. The van der Waals surface area contributed by atoms with Gasteiger partial charge in [0.15, 0.2) is 0 Å². The third-order valence-electron chi connectivity index (χ3n) is 6.88. The molecule has 0 spiro atoms. The highest BCUT2D eigenvalue weighted by Gasteiger charge is 2.33. The zero-order valence-corrected chi connectivity index (χ0v) is 21.2. The summed E-state index contributed by atoms with van der Waals surface area (Å²) in [7, 11) is 0. The average Bonchev–Trinajstić information content (AvgIpc) is 2.70. The van der Waals surface area contributed by atoms with E-state index in [0.717, 1.165) is 67.4 Å². The topological polar surface area (TPSA) is 29.5 Å². The van der Waals surface area contributed by atoms with Crippen LogP contribution in [0.4, 0.5) is 0 Å². The quantitative estimate of drug-likeness (QED) is 0.402. The van der Waals surface area contributed by atoms with Crippen molar-refractivity contribution in [2.75, 3.05) is 0 Å². The lowest BCUT2D eigenvalue weighted by atomic mass is 9.85. The fourth-order valence-corrected chi connectivity index (χ4v) is 4.43. The number of phenols is 1. The minimum absolute atomic E-state index is 0.133. The molecule has 31 heavy (non-hydrogen) atoms. The van der Waals surface area contributed by atoms with Gasteiger partial charge < -0.3 is 9.84 Å². The molecule has 0 aromatic heterocycles. The molecule has 1 aliphatic rings. The van der Waals surface area contributed by atoms with Crippen molar-refractivity contribution in [2.45, 2.75) is 112 Å². The molecule has 1 N–H and O–H groups in total. The van der Waals surface area contributed by atoms with E-state index < -0.39 is 0 Å². The van der Waals surface area contributed by atoms with E-state index in [4.69, 9.17) is 4.74 Å². The van der Waals surface area contributed by atoms with Gasteiger partial charge in [0.25, 0.3) is 0 Å². The van der Waals surface area contributed by atoms with Gasteiger partial charge in [0.05, 0.1) is 0 Å². The Bertz CT molecular complexity index is 865. The first-order chi connectivity index (χ1) is 14.5. The molecule has 0 bridgehead atoms. The number of hydrogen-bond donors (Lipinski definition) is 1. The zero-order chi connectivity index (χ0) is 23.2. The van der Waals surface area contributed by atoms with E-state index in [1.54, 1.807) is 0 Å². The fraction of sp³-hybridized carbons (Fsp3) is 0.586. The maximum Gasteiger partial charge on any atom is 0.127 e. The summed E-state index contributed by atoms with van der Waals surface area (Å²) in [5.74, 6) is 1.44. The highest BCUT2D eigenvalue weighted by atomic mass is 16.5. The van der Waals surface area contributed by atoms with Gasteiger partial charge in [-0.2, -0.15) is 0 Å². The van der Waals surface area contributed by atoms with Crippen molar-refractivity contribution in [2.24, 2.45) is 0 Å². The van der Waals surface area contributed by atoms with Crippen LogP contribution >= 0.6 is 0 Å². The summed E-state index contributed by atoms with van der Waals surface area (Å²) in [4.78, 5) is 0. The van der Waals surface area contributed by atoms with E-state index in [1.165, 1.54) is 28.7 Å². The summed E-state index contributed by atoms with van der Waals surface area (Å²) in [5.41, 5.74) is 8.45. The number of ether oxygens (including phenoxy) is 1. The second-order valence-electron chi connectivity index (χ2n) is 10.1. The number of phenolic OH excluding ortho intramolecular Hbond substituents is 1. The first-order valence-electron chi connectivity index (χ1n) is 12.0. The second kappa shape index (κ2) is 11.1. The molecule has 2 rings (SSSR count). The summed E-state index contributed by atoms with van der Waals surface area (Å²) in [6.45, 7) is 17.1. The van der Waals surface area contributed by atoms with Crippen molar-refractivity contribution in [3.05, 3.63) is 57.2 Å². The van der Waals surface area contributed by atoms with Crippen molar-refractivity contribution in [3.63, 3.8) is 0 Å². The molecular formula is C29H44O2. The van der Waals surface area contributed by atoms with Gasteiger partial charge in [0.2, 0.25) is 0 Å². The largest absolute Gasteiger partial charge is 0.507 e. The molecular weight excluding hydrogens is 380 g/mol. The third-order valence-corrected chi connectivity index (χ3v) is 6.88. The number of aromatic hydroxyl groups is 1. The predicted octanol–water partition coefficient (Wildman–Crippen LogP) is 8.60. The van der Waals surface area contributed by atoms with Crippen LogP contribution in [0.1, 0.15) is 102 Å². The van der Waals surface area contributed by atoms with Crippen LogP contribution in [0.15, 0.2) is 34.9 Å². The Labute approximate surface area is 191 Å². The van der Waals surface area contributed by atoms with Crippen molar-refractivity contribution in [1.29, 1.82) is 0 Å². The molecule has 1 heterocycles. The fourth-order valence-electron chi connectivity index (χ4n) is 4.43. The maximum atomic E-state index is 10.4. The normalized spacial score (nSPS) is 19.1. The molecule has 1 atom stereocenters. The number of hydrogen-bond acceptors (Lipinski definition) is 2. The molecule has 0 unspecified atom stereocenters. The van der Waals surface area contributed by atoms with Gasteiger partial charge in [-0.15, -0.1) is 0 Å². The lowest BCUT2D eigenvalue weighted by molar-refractivity contribution is 0.0558. The highest BCUT2D eigenvalue weighted by Crippen LogP contribution is 2.44. The lowest BCUT2D eigenvalue weighted by Crippen LogP contribution is -2.37. The van der Waals surface area contributed by atoms with E-state index in [2.05, 4.69) is 59.8 Å². The van der Waals surface area contributed by atoms with Crippen molar-refractivity contribution >= 4 is 0 Å². The third kappa shape index (κ3) is 7.02. The number of benzene rings is 1. The van der Waals surface area contributed by atoms with Crippen LogP contribution in [0.3, 0.4) is 0 Å². The molecule has 1 aliphatic heterocycles. The van der Waals surface area contributed by atoms with Gasteiger partial charge in [-0.1, -0.05) is 34.9 Å². The zero-order valence-electron chi connectivity index (χ0n) is 21.2. The predicted molar refractivity (Wildman–Crippen MR) is 134 cm³/mol. The van der Waals surface area contributed by atoms with Crippen molar-refractivity contribution in [1.82, 2.24) is 0 Å². The van der Waals surface area contributed by atoms with E-state index in [1.807, 2.05) is 13.8 Å². The van der Waals surface area contributed by atoms with E-state index in [9.17, 15) is 5.11 Å². The van der Waals surface area contributed by atoms with Crippen molar-refractivity contribution in [3.8, 4) is 11.5 Å². The molecule has 2 nitrogen and oxygen atoms in total. The first kappa shape index (κ1) is 25.3. The van der Waals surface area contributed by atoms with Crippen LogP contribution in [0, 0.1) is 20.8 Å². The van der Waals surface area contributed by atoms with Crippen molar-refractivity contribution < 1.29 is 9.84 Å². The SMILES string of the molecule is CC(C)=CCC/C(C)=C\CC/C(C)=C\CC[C@@]1(C)CCc2c(C)c(O)c(C)c(C)c2O1. The van der Waals surface area contributed by atoms with Gasteiger partial charge in [-0.25, -0.2) is 0 Å². The molecule has 0 saturated carbocycles. The number of fused-ring (bicyclic) bond motifs is 1. The minimum Gasteiger partial charge on any atom is -0.507 e. The summed E-state index contributed by atoms with van der Waals surface area (Å²) in [6.07, 6.45) is 15.8. The lowest BCUT2D eigenvalue weighted by Gasteiger charge is -2.38. The molecule has 1 aromatic carbocycles. The van der Waals surface area contributed by atoms with E-state index >= 15 is 0 Å². The van der Waals surface area contributed by atoms with Gasteiger partial charge >= 0.3 is 0 Å². The Kier molecular flexibility index (Phi) is 9.03. The Morgan fingerprint density at radius 2 is 1.45 bits per heavy atom. The van der Waals surface area contributed by atoms with Crippen LogP contribution in [0.25, 0.3) is 0 Å². The Morgan fingerprint density at radius 3 is 2.06 bits per heavy atom. The average molecular weight is 425 g/mol. The monoisotopic (exact) mass is 424 g/mol. The standard InChI is InChI=1S/C29H44O2/c1-20(2)12-9-13-21(3)14-10-15-22(4)16-11-18-29(8)19-17-26-25(7)27(30)23(5)24(6)28(26)31-29/h12,14,16,30H,9-11,13,15,17-19H2,1-8H3/b21-14-,22-16-/t29-/m0/s1. The smallest absolute Gasteiger partial charge is 0.127 e. The van der Waals surface area contributed by atoms with Crippen LogP contribution in [-0.4, -0.2) is 10.7 Å². The molecule has 0 fully saturated rings. The molecule has 1 aromatic rings. The number of rotatable bonds is 9. The Morgan fingerprint density at radius 1 is 0.871 bits per heavy atom. The molecule has 0 amide bonds. The van der Waals surface area contributed by atoms with Gasteiger partial charge in [0.1, 0.15) is 17.1 Å². The summed E-state index contributed by atoms with van der Waals surface area (Å²) < 4.78 is 6.56. The summed E-state index contributed by atoms with van der Waals surface area (Å²) in [6, 6.07) is 0. The van der Waals surface area contributed by atoms with Crippen LogP contribution < -0.4 is 4.74 Å². The summed E-state index contributed by atoms with van der Waals surface area (Å²) >= 11 is 0. The Balaban J connectivity index is 1.88. The first-order valence-corrected chi connectivity index (χ1v) is 12.0. The van der Waals surface area contributed by atoms with E-state index in [0.29, 0.717) is 5.75 Å². The maximum absolute atomic E-state index is 10.4. The molecule has 2 heteroatoms. The molecule has 0 radical (unpaired) electrons. The second-order valence-corrected chi connectivity index (χ2v) is 10.1. The highest BCUT2D eigenvalue weighted by molar-refractivity contribution is 5.58. The van der Waals surface area contributed by atoms with Crippen LogP contribution in [0.2, 0.25) is 0 Å². The number of allylic oxidation sites excluding steroid dienone is 6. The minimum atomic E-state index is -0.133. The molecule has 0 aliphatic carbocycles. The van der Waals surface area contributed by atoms with E-state index in [-0.39, 0.29) is 5.60 Å². The Hall–Kier alpha value is -1.96. The van der Waals surface area contributed by atoms with Gasteiger partial charge in [0, 0.05) is 5.56 Å². The molecule has 0 saturated heterocycles. The van der Waals surface area contributed by atoms with Gasteiger partial charge in [-0.3, -0.25) is 0 Å².